The van der Waals surface area contributed by atoms with Crippen molar-refractivity contribution in [3.8, 4) is 0 Å². The Morgan fingerprint density at radius 2 is 2.00 bits per heavy atom. The minimum absolute atomic E-state index is 0.0999. The van der Waals surface area contributed by atoms with Gasteiger partial charge in [0.25, 0.3) is 0 Å². The molecule has 0 amide bonds. The Labute approximate surface area is 152 Å². The zero-order valence-electron chi connectivity index (χ0n) is 16.5. The molecule has 1 saturated carbocycles. The van der Waals surface area contributed by atoms with Crippen LogP contribution in [0.3, 0.4) is 0 Å². The molecule has 0 bridgehead atoms. The summed E-state index contributed by atoms with van der Waals surface area (Å²) in [5.74, 6) is 0.775. The van der Waals surface area contributed by atoms with Gasteiger partial charge in [-0.2, -0.15) is 0 Å². The Kier molecular flexibility index (Phi) is 4.91. The minimum atomic E-state index is -0.461. The number of hydrogen-bond acceptors (Lipinski definition) is 3. The fourth-order valence-corrected chi connectivity index (χ4v) is 5.59. The molecule has 0 aromatic carbocycles. The number of aliphatic hydroxyl groups excluding tert-OH is 1. The zero-order chi connectivity index (χ0) is 18.4. The monoisotopic (exact) mass is 346 g/mol. The molecule has 25 heavy (non-hydrogen) atoms. The van der Waals surface area contributed by atoms with Gasteiger partial charge in [0.05, 0.1) is 6.10 Å². The molecule has 4 atom stereocenters. The van der Waals surface area contributed by atoms with Gasteiger partial charge in [0.2, 0.25) is 0 Å². The van der Waals surface area contributed by atoms with Gasteiger partial charge in [0, 0.05) is 12.3 Å². The summed E-state index contributed by atoms with van der Waals surface area (Å²) in [4.78, 5) is 11.2. The van der Waals surface area contributed by atoms with Gasteiger partial charge in [-0.15, -0.1) is 0 Å². The maximum Gasteiger partial charge on any atom is 0.302 e. The van der Waals surface area contributed by atoms with Crippen LogP contribution in [-0.2, 0) is 9.53 Å². The highest BCUT2D eigenvalue weighted by atomic mass is 16.5. The second kappa shape index (κ2) is 6.57. The largest absolute Gasteiger partial charge is 0.461 e. The second-order valence-electron chi connectivity index (χ2n) is 9.30. The number of allylic oxidation sites excluding steroid dienone is 2. The molecule has 0 aromatic heterocycles. The summed E-state index contributed by atoms with van der Waals surface area (Å²) in [7, 11) is 0. The van der Waals surface area contributed by atoms with E-state index in [1.807, 2.05) is 6.08 Å². The summed E-state index contributed by atoms with van der Waals surface area (Å²) in [5.41, 5.74) is 4.61. The summed E-state index contributed by atoms with van der Waals surface area (Å²) in [6.07, 6.45) is 8.23. The van der Waals surface area contributed by atoms with E-state index in [1.165, 1.54) is 26.2 Å². The van der Waals surface area contributed by atoms with Crippen LogP contribution in [0.1, 0.15) is 73.1 Å². The van der Waals surface area contributed by atoms with Crippen molar-refractivity contribution in [2.75, 3.05) is 6.61 Å². The first-order valence-electron chi connectivity index (χ1n) is 9.92. The molecule has 1 fully saturated rings. The average Bonchev–Trinajstić information content (AvgIpc) is 2.83. The van der Waals surface area contributed by atoms with Gasteiger partial charge in [0.1, 0.15) is 6.61 Å². The van der Waals surface area contributed by atoms with E-state index in [0.29, 0.717) is 23.9 Å². The first-order chi connectivity index (χ1) is 11.7. The Morgan fingerprint density at radius 1 is 1.28 bits per heavy atom. The number of aliphatic hydroxyl groups is 1. The van der Waals surface area contributed by atoms with Gasteiger partial charge < -0.3 is 9.84 Å². The smallest absolute Gasteiger partial charge is 0.302 e. The Balaban J connectivity index is 1.95. The summed E-state index contributed by atoms with van der Waals surface area (Å²) in [5, 5.41) is 11.1. The van der Waals surface area contributed by atoms with Crippen molar-refractivity contribution in [2.45, 2.75) is 79.2 Å². The summed E-state index contributed by atoms with van der Waals surface area (Å²) < 4.78 is 5.21. The van der Waals surface area contributed by atoms with Crippen molar-refractivity contribution in [1.82, 2.24) is 0 Å². The van der Waals surface area contributed by atoms with Crippen LogP contribution in [0.4, 0.5) is 0 Å². The van der Waals surface area contributed by atoms with E-state index in [-0.39, 0.29) is 11.4 Å². The average molecular weight is 347 g/mol. The number of esters is 1. The molecule has 3 rings (SSSR count). The number of carbonyl (C=O) groups is 1. The number of hydrogen-bond donors (Lipinski definition) is 1. The predicted molar refractivity (Wildman–Crippen MR) is 100.0 cm³/mol. The van der Waals surface area contributed by atoms with Crippen LogP contribution in [0, 0.1) is 22.7 Å². The van der Waals surface area contributed by atoms with Crippen molar-refractivity contribution in [3.63, 3.8) is 0 Å². The lowest BCUT2D eigenvalue weighted by atomic mass is 9.54. The van der Waals surface area contributed by atoms with E-state index in [4.69, 9.17) is 4.74 Å². The standard InChI is InChI=1S/C22H34O3/c1-14(2)17-8-9-21(4)10-11-22(5)18(20(17)21)7-6-16(12-19(22)24)13-25-15(3)23/h12,14,18-19,24H,6-11,13H2,1-5H3/t18?,19?,21-,22-/m1/s1. The van der Waals surface area contributed by atoms with Crippen LogP contribution in [0.15, 0.2) is 22.8 Å². The van der Waals surface area contributed by atoms with Crippen LogP contribution in [0.5, 0.6) is 0 Å². The van der Waals surface area contributed by atoms with Crippen molar-refractivity contribution in [1.29, 1.82) is 0 Å². The summed E-state index contributed by atoms with van der Waals surface area (Å²) >= 11 is 0. The predicted octanol–water partition coefficient (Wildman–Crippen LogP) is 4.80. The molecular formula is C22H34O3. The first kappa shape index (κ1) is 18.7. The van der Waals surface area contributed by atoms with Crippen molar-refractivity contribution >= 4 is 5.97 Å². The van der Waals surface area contributed by atoms with Crippen molar-refractivity contribution in [3.05, 3.63) is 22.8 Å². The van der Waals surface area contributed by atoms with Crippen LogP contribution in [-0.4, -0.2) is 23.8 Å². The molecule has 3 aliphatic carbocycles. The van der Waals surface area contributed by atoms with Gasteiger partial charge >= 0.3 is 5.97 Å². The summed E-state index contributed by atoms with van der Waals surface area (Å²) in [6, 6.07) is 0. The van der Waals surface area contributed by atoms with E-state index in [2.05, 4.69) is 27.7 Å². The third kappa shape index (κ3) is 3.20. The van der Waals surface area contributed by atoms with Gasteiger partial charge in [-0.3, -0.25) is 4.79 Å². The van der Waals surface area contributed by atoms with Gasteiger partial charge in [-0.25, -0.2) is 0 Å². The molecule has 0 aliphatic heterocycles. The highest BCUT2D eigenvalue weighted by Gasteiger charge is 2.54. The molecule has 0 saturated heterocycles. The van der Waals surface area contributed by atoms with Gasteiger partial charge in [-0.05, 0) is 61.3 Å². The van der Waals surface area contributed by atoms with E-state index >= 15 is 0 Å². The molecule has 0 spiro atoms. The lowest BCUT2D eigenvalue weighted by molar-refractivity contribution is -0.140. The molecule has 3 heteroatoms. The maximum atomic E-state index is 11.2. The summed E-state index contributed by atoms with van der Waals surface area (Å²) in [6.45, 7) is 11.1. The number of rotatable bonds is 3. The van der Waals surface area contributed by atoms with Gasteiger partial charge in [0.15, 0.2) is 0 Å². The van der Waals surface area contributed by atoms with E-state index in [1.54, 1.807) is 11.1 Å². The molecule has 140 valence electrons. The number of fused-ring (bicyclic) bond motifs is 3. The highest BCUT2D eigenvalue weighted by Crippen LogP contribution is 2.63. The van der Waals surface area contributed by atoms with Crippen LogP contribution in [0.25, 0.3) is 0 Å². The Bertz CT molecular complexity index is 615. The number of carbonyl (C=O) groups excluding carboxylic acids is 1. The lowest BCUT2D eigenvalue weighted by Gasteiger charge is -2.51. The van der Waals surface area contributed by atoms with E-state index in [0.717, 1.165) is 24.8 Å². The highest BCUT2D eigenvalue weighted by molar-refractivity contribution is 5.66. The fraction of sp³-hybridized carbons (Fsp3) is 0.773. The molecular weight excluding hydrogens is 312 g/mol. The zero-order valence-corrected chi connectivity index (χ0v) is 16.5. The van der Waals surface area contributed by atoms with Crippen LogP contribution in [0.2, 0.25) is 0 Å². The molecule has 0 heterocycles. The molecule has 1 N–H and O–H groups in total. The topological polar surface area (TPSA) is 46.5 Å². The molecule has 2 unspecified atom stereocenters. The first-order valence-corrected chi connectivity index (χ1v) is 9.92. The fourth-order valence-electron chi connectivity index (χ4n) is 5.59. The quantitative estimate of drug-likeness (QED) is 0.590. The normalized spacial score (nSPS) is 38.1. The SMILES string of the molecule is CC(=O)OCC1=CC(O)[C@]2(C)CC[C@@]3(C)CCC(C(C)C)=C3C2CC1. The molecule has 3 nitrogen and oxygen atoms in total. The third-order valence-electron chi connectivity index (χ3n) is 7.28. The van der Waals surface area contributed by atoms with Gasteiger partial charge in [-0.1, -0.05) is 44.9 Å². The molecule has 0 radical (unpaired) electrons. The van der Waals surface area contributed by atoms with Crippen molar-refractivity contribution < 1.29 is 14.6 Å². The van der Waals surface area contributed by atoms with Crippen LogP contribution >= 0.6 is 0 Å². The Hall–Kier alpha value is -1.09. The van der Waals surface area contributed by atoms with Crippen molar-refractivity contribution in [2.24, 2.45) is 22.7 Å². The molecule has 3 aliphatic rings. The lowest BCUT2D eigenvalue weighted by Crippen LogP contribution is -2.46. The van der Waals surface area contributed by atoms with Crippen LogP contribution < -0.4 is 0 Å². The number of ether oxygens (including phenoxy) is 1. The third-order valence-corrected chi connectivity index (χ3v) is 7.28. The maximum absolute atomic E-state index is 11.2. The minimum Gasteiger partial charge on any atom is -0.461 e. The Morgan fingerprint density at radius 3 is 2.64 bits per heavy atom. The second-order valence-corrected chi connectivity index (χ2v) is 9.30. The van der Waals surface area contributed by atoms with E-state index in [9.17, 15) is 9.90 Å². The molecule has 0 aromatic rings. The van der Waals surface area contributed by atoms with E-state index < -0.39 is 6.10 Å².